The van der Waals surface area contributed by atoms with Gasteiger partial charge in [-0.15, -0.1) is 0 Å². The number of hydrogen-bond donors (Lipinski definition) is 3. The highest BCUT2D eigenvalue weighted by atomic mass is 16.1. The standard InChI is InChI=1S/C18H19N5O/c19-10-13(9-12-5-2-1-3-6-12)23-18-15-8-4-7-14(17(20)24)16(15)21-11-22-18/h1-8,11,13H,9-10,19H2,(H2,20,24)(H,21,22,23)/t13-/m0/s1. The van der Waals surface area contributed by atoms with Crippen molar-refractivity contribution in [2.24, 2.45) is 11.5 Å². The Morgan fingerprint density at radius 2 is 1.88 bits per heavy atom. The molecule has 0 unspecified atom stereocenters. The fourth-order valence-electron chi connectivity index (χ4n) is 2.69. The molecular formula is C18H19N5O. The molecule has 0 saturated heterocycles. The van der Waals surface area contributed by atoms with E-state index in [0.29, 0.717) is 23.4 Å². The molecule has 1 amide bonds. The van der Waals surface area contributed by atoms with Gasteiger partial charge in [-0.2, -0.15) is 0 Å². The second-order valence-corrected chi connectivity index (χ2v) is 5.55. The molecule has 0 aliphatic heterocycles. The van der Waals surface area contributed by atoms with Crippen LogP contribution in [0.5, 0.6) is 0 Å². The van der Waals surface area contributed by atoms with Crippen LogP contribution in [-0.4, -0.2) is 28.5 Å². The second kappa shape index (κ2) is 7.06. The van der Waals surface area contributed by atoms with E-state index in [-0.39, 0.29) is 6.04 Å². The zero-order valence-electron chi connectivity index (χ0n) is 13.1. The van der Waals surface area contributed by atoms with Crippen molar-refractivity contribution in [3.63, 3.8) is 0 Å². The van der Waals surface area contributed by atoms with Crippen LogP contribution in [-0.2, 0) is 6.42 Å². The Bertz CT molecular complexity index is 850. The van der Waals surface area contributed by atoms with Crippen molar-refractivity contribution < 1.29 is 4.79 Å². The fraction of sp³-hybridized carbons (Fsp3) is 0.167. The Balaban J connectivity index is 1.91. The van der Waals surface area contributed by atoms with Crippen LogP contribution in [0.1, 0.15) is 15.9 Å². The van der Waals surface area contributed by atoms with Gasteiger partial charge in [0.05, 0.1) is 11.1 Å². The Morgan fingerprint density at radius 3 is 2.58 bits per heavy atom. The maximum Gasteiger partial charge on any atom is 0.250 e. The van der Waals surface area contributed by atoms with Crippen LogP contribution >= 0.6 is 0 Å². The average Bonchev–Trinajstić information content (AvgIpc) is 2.61. The summed E-state index contributed by atoms with van der Waals surface area (Å²) in [4.78, 5) is 20.1. The molecule has 0 bridgehead atoms. The van der Waals surface area contributed by atoms with E-state index in [9.17, 15) is 4.79 Å². The highest BCUT2D eigenvalue weighted by Gasteiger charge is 2.14. The molecule has 5 N–H and O–H groups in total. The third kappa shape index (κ3) is 3.33. The number of primary amides is 1. The zero-order chi connectivity index (χ0) is 16.9. The summed E-state index contributed by atoms with van der Waals surface area (Å²) in [6, 6.07) is 15.4. The Labute approximate surface area is 139 Å². The highest BCUT2D eigenvalue weighted by molar-refractivity contribution is 6.06. The maximum atomic E-state index is 11.6. The number of amides is 1. The molecule has 0 fully saturated rings. The highest BCUT2D eigenvalue weighted by Crippen LogP contribution is 2.23. The fourth-order valence-corrected chi connectivity index (χ4v) is 2.69. The summed E-state index contributed by atoms with van der Waals surface area (Å²) < 4.78 is 0. The normalized spacial score (nSPS) is 12.0. The molecule has 6 heteroatoms. The van der Waals surface area contributed by atoms with Crippen LogP contribution in [0.15, 0.2) is 54.9 Å². The minimum Gasteiger partial charge on any atom is -0.366 e. The lowest BCUT2D eigenvalue weighted by molar-refractivity contribution is 0.100. The van der Waals surface area contributed by atoms with E-state index in [2.05, 4.69) is 27.4 Å². The van der Waals surface area contributed by atoms with E-state index in [1.54, 1.807) is 12.1 Å². The van der Waals surface area contributed by atoms with Gasteiger partial charge in [0.25, 0.3) is 5.91 Å². The van der Waals surface area contributed by atoms with Crippen LogP contribution in [0.25, 0.3) is 10.9 Å². The molecule has 24 heavy (non-hydrogen) atoms. The largest absolute Gasteiger partial charge is 0.366 e. The predicted octanol–water partition coefficient (Wildman–Crippen LogP) is 1.71. The molecule has 6 nitrogen and oxygen atoms in total. The maximum absolute atomic E-state index is 11.6. The third-order valence-electron chi connectivity index (χ3n) is 3.88. The minimum absolute atomic E-state index is 0.0164. The average molecular weight is 321 g/mol. The van der Waals surface area contributed by atoms with Crippen molar-refractivity contribution in [2.75, 3.05) is 11.9 Å². The third-order valence-corrected chi connectivity index (χ3v) is 3.88. The number of carbonyl (C=O) groups excluding carboxylic acids is 1. The number of nitrogens with one attached hydrogen (secondary N) is 1. The molecule has 122 valence electrons. The van der Waals surface area contributed by atoms with Gasteiger partial charge in [0.2, 0.25) is 0 Å². The summed E-state index contributed by atoms with van der Waals surface area (Å²) in [5.74, 6) is 0.138. The second-order valence-electron chi connectivity index (χ2n) is 5.55. The zero-order valence-corrected chi connectivity index (χ0v) is 13.1. The number of anilines is 1. The predicted molar refractivity (Wildman–Crippen MR) is 94.7 cm³/mol. The van der Waals surface area contributed by atoms with Crippen molar-refractivity contribution in [2.45, 2.75) is 12.5 Å². The van der Waals surface area contributed by atoms with Gasteiger partial charge in [-0.3, -0.25) is 4.79 Å². The van der Waals surface area contributed by atoms with E-state index in [4.69, 9.17) is 11.5 Å². The van der Waals surface area contributed by atoms with Crippen molar-refractivity contribution in [1.82, 2.24) is 9.97 Å². The van der Waals surface area contributed by atoms with Gasteiger partial charge in [0.15, 0.2) is 0 Å². The summed E-state index contributed by atoms with van der Waals surface area (Å²) in [5, 5.41) is 4.11. The molecule has 0 spiro atoms. The lowest BCUT2D eigenvalue weighted by Crippen LogP contribution is -2.31. The van der Waals surface area contributed by atoms with Gasteiger partial charge < -0.3 is 16.8 Å². The van der Waals surface area contributed by atoms with Crippen LogP contribution in [0, 0.1) is 0 Å². The van der Waals surface area contributed by atoms with Gasteiger partial charge in [0, 0.05) is 18.0 Å². The Hall–Kier alpha value is -2.99. The molecule has 0 aliphatic carbocycles. The van der Waals surface area contributed by atoms with Crippen molar-refractivity contribution in [1.29, 1.82) is 0 Å². The van der Waals surface area contributed by atoms with Gasteiger partial charge in [-0.05, 0) is 24.1 Å². The number of nitrogens with two attached hydrogens (primary N) is 2. The smallest absolute Gasteiger partial charge is 0.250 e. The van der Waals surface area contributed by atoms with Crippen molar-refractivity contribution in [3.8, 4) is 0 Å². The van der Waals surface area contributed by atoms with Crippen molar-refractivity contribution >= 4 is 22.6 Å². The summed E-state index contributed by atoms with van der Waals surface area (Å²) in [6.45, 7) is 0.454. The van der Waals surface area contributed by atoms with E-state index >= 15 is 0 Å². The number of fused-ring (bicyclic) bond motifs is 1. The van der Waals surface area contributed by atoms with E-state index < -0.39 is 5.91 Å². The van der Waals surface area contributed by atoms with Crippen molar-refractivity contribution in [3.05, 3.63) is 66.0 Å². The van der Waals surface area contributed by atoms with E-state index in [0.717, 1.165) is 11.8 Å². The number of rotatable bonds is 6. The number of aromatic nitrogens is 2. The molecule has 3 rings (SSSR count). The molecular weight excluding hydrogens is 302 g/mol. The first-order chi connectivity index (χ1) is 11.7. The SMILES string of the molecule is NC[C@H](Cc1ccccc1)Nc1ncnc2c(C(N)=O)cccc12. The first-order valence-corrected chi connectivity index (χ1v) is 7.73. The van der Waals surface area contributed by atoms with Crippen LogP contribution < -0.4 is 16.8 Å². The number of nitrogens with zero attached hydrogens (tertiary/aromatic N) is 2. The lowest BCUT2D eigenvalue weighted by Gasteiger charge is -2.18. The topological polar surface area (TPSA) is 107 Å². The van der Waals surface area contributed by atoms with E-state index in [1.807, 2.05) is 24.3 Å². The molecule has 1 aromatic heterocycles. The summed E-state index contributed by atoms with van der Waals surface area (Å²) >= 11 is 0. The molecule has 0 aliphatic rings. The Morgan fingerprint density at radius 1 is 1.08 bits per heavy atom. The molecule has 3 aromatic rings. The number of hydrogen-bond acceptors (Lipinski definition) is 5. The van der Waals surface area contributed by atoms with Gasteiger partial charge in [-0.1, -0.05) is 36.4 Å². The Kier molecular flexibility index (Phi) is 4.67. The molecule has 0 radical (unpaired) electrons. The van der Waals surface area contributed by atoms with Gasteiger partial charge in [-0.25, -0.2) is 9.97 Å². The van der Waals surface area contributed by atoms with Crippen LogP contribution in [0.2, 0.25) is 0 Å². The number of para-hydroxylation sites is 1. The first-order valence-electron chi connectivity index (χ1n) is 7.73. The minimum atomic E-state index is -0.509. The summed E-state index contributed by atoms with van der Waals surface area (Å²) in [7, 11) is 0. The van der Waals surface area contributed by atoms with Crippen LogP contribution in [0.4, 0.5) is 5.82 Å². The first kappa shape index (κ1) is 15.9. The quantitative estimate of drug-likeness (QED) is 0.641. The number of benzene rings is 2. The molecule has 2 aromatic carbocycles. The lowest BCUT2D eigenvalue weighted by atomic mass is 10.1. The molecule has 1 atom stereocenters. The van der Waals surface area contributed by atoms with Gasteiger partial charge >= 0.3 is 0 Å². The summed E-state index contributed by atoms with van der Waals surface area (Å²) in [6.07, 6.45) is 2.20. The van der Waals surface area contributed by atoms with E-state index in [1.165, 1.54) is 11.9 Å². The summed E-state index contributed by atoms with van der Waals surface area (Å²) in [5.41, 5.74) is 13.4. The van der Waals surface area contributed by atoms with Gasteiger partial charge in [0.1, 0.15) is 12.1 Å². The molecule has 0 saturated carbocycles. The van der Waals surface area contributed by atoms with Crippen LogP contribution in [0.3, 0.4) is 0 Å². The monoisotopic (exact) mass is 321 g/mol. The molecule has 1 heterocycles. The number of carbonyl (C=O) groups is 1.